The van der Waals surface area contributed by atoms with E-state index < -0.39 is 18.5 Å². The molecule has 2 aromatic heterocycles. The summed E-state index contributed by atoms with van der Waals surface area (Å²) in [6, 6.07) is 5.52. The molecule has 0 unspecified atom stereocenters. The fourth-order valence-electron chi connectivity index (χ4n) is 2.82. The zero-order valence-corrected chi connectivity index (χ0v) is 14.4. The van der Waals surface area contributed by atoms with Gasteiger partial charge in [0.15, 0.2) is 6.61 Å². The molecule has 0 aromatic carbocycles. The standard InChI is InChI=1S/C18H19N3O5/c1-12-16(14(9-19)17(26-12)21-6-2-3-7-21)18(23)25-11-15(22)20-10-13-5-4-8-24-13/h2-3,6-7,13H,4-5,8,10-11H2,1H3,(H,20,22)/t13-/m0/s1. The highest BCUT2D eigenvalue weighted by Gasteiger charge is 2.26. The maximum atomic E-state index is 12.3. The summed E-state index contributed by atoms with van der Waals surface area (Å²) >= 11 is 0. The number of nitriles is 1. The van der Waals surface area contributed by atoms with Crippen LogP contribution >= 0.6 is 0 Å². The predicted molar refractivity (Wildman–Crippen MR) is 89.8 cm³/mol. The number of aryl methyl sites for hydroxylation is 1. The lowest BCUT2D eigenvalue weighted by Gasteiger charge is -2.10. The second kappa shape index (κ2) is 7.89. The Kier molecular flexibility index (Phi) is 5.39. The first-order valence-corrected chi connectivity index (χ1v) is 8.32. The highest BCUT2D eigenvalue weighted by atomic mass is 16.5. The fourth-order valence-corrected chi connectivity index (χ4v) is 2.82. The Labute approximate surface area is 150 Å². The number of carbonyl (C=O) groups excluding carboxylic acids is 2. The Hall–Kier alpha value is -3.05. The summed E-state index contributed by atoms with van der Waals surface area (Å²) in [7, 11) is 0. The molecule has 0 bridgehead atoms. The van der Waals surface area contributed by atoms with Gasteiger partial charge in [0.2, 0.25) is 5.88 Å². The minimum Gasteiger partial charge on any atom is -0.452 e. The van der Waals surface area contributed by atoms with Gasteiger partial charge < -0.3 is 19.2 Å². The molecule has 8 heteroatoms. The van der Waals surface area contributed by atoms with Crippen molar-refractivity contribution >= 4 is 11.9 Å². The average molecular weight is 357 g/mol. The largest absolute Gasteiger partial charge is 0.452 e. The van der Waals surface area contributed by atoms with Gasteiger partial charge in [-0.1, -0.05) is 0 Å². The van der Waals surface area contributed by atoms with E-state index in [1.165, 1.54) is 0 Å². The van der Waals surface area contributed by atoms with Crippen LogP contribution in [-0.4, -0.2) is 42.3 Å². The number of nitrogens with zero attached hydrogens (tertiary/aromatic N) is 2. The number of hydrogen-bond acceptors (Lipinski definition) is 6. The molecule has 1 amide bonds. The van der Waals surface area contributed by atoms with Crippen molar-refractivity contribution in [3.8, 4) is 12.0 Å². The van der Waals surface area contributed by atoms with Crippen molar-refractivity contribution in [1.82, 2.24) is 9.88 Å². The van der Waals surface area contributed by atoms with E-state index >= 15 is 0 Å². The van der Waals surface area contributed by atoms with Gasteiger partial charge in [-0.3, -0.25) is 9.36 Å². The topological polar surface area (TPSA) is 106 Å². The molecule has 0 saturated carbocycles. The summed E-state index contributed by atoms with van der Waals surface area (Å²) in [4.78, 5) is 24.2. The molecule has 136 valence electrons. The SMILES string of the molecule is Cc1oc(-n2cccc2)c(C#N)c1C(=O)OCC(=O)NC[C@@H]1CCCO1. The summed E-state index contributed by atoms with van der Waals surface area (Å²) in [5.74, 6) is -0.688. The molecule has 0 aliphatic carbocycles. The zero-order valence-electron chi connectivity index (χ0n) is 14.4. The predicted octanol–water partition coefficient (Wildman–Crippen LogP) is 1.70. The third-order valence-electron chi connectivity index (χ3n) is 4.11. The number of esters is 1. The second-order valence-electron chi connectivity index (χ2n) is 5.93. The summed E-state index contributed by atoms with van der Waals surface area (Å²) in [5, 5.41) is 12.1. The third kappa shape index (κ3) is 3.78. The molecular weight excluding hydrogens is 338 g/mol. The van der Waals surface area contributed by atoms with E-state index in [0.717, 1.165) is 12.8 Å². The second-order valence-corrected chi connectivity index (χ2v) is 5.93. The molecule has 8 nitrogen and oxygen atoms in total. The molecule has 1 atom stereocenters. The molecule has 1 aliphatic heterocycles. The van der Waals surface area contributed by atoms with E-state index in [0.29, 0.717) is 13.2 Å². The first-order valence-electron chi connectivity index (χ1n) is 8.32. The first-order chi connectivity index (χ1) is 12.6. The number of carbonyl (C=O) groups is 2. The normalized spacial score (nSPS) is 16.2. The third-order valence-corrected chi connectivity index (χ3v) is 4.11. The summed E-state index contributed by atoms with van der Waals surface area (Å²) in [6.07, 6.45) is 5.30. The monoisotopic (exact) mass is 357 g/mol. The van der Waals surface area contributed by atoms with Crippen LogP contribution in [0.1, 0.15) is 34.5 Å². The van der Waals surface area contributed by atoms with Gasteiger partial charge in [0, 0.05) is 25.5 Å². The highest BCUT2D eigenvalue weighted by Crippen LogP contribution is 2.26. The van der Waals surface area contributed by atoms with Gasteiger partial charge >= 0.3 is 5.97 Å². The maximum Gasteiger partial charge on any atom is 0.343 e. The van der Waals surface area contributed by atoms with Gasteiger partial charge in [-0.25, -0.2) is 4.79 Å². The highest BCUT2D eigenvalue weighted by molar-refractivity contribution is 5.95. The molecule has 1 fully saturated rings. The lowest BCUT2D eigenvalue weighted by atomic mass is 10.1. The number of rotatable bonds is 6. The minimum absolute atomic E-state index is 0.0140. The number of nitrogens with one attached hydrogen (secondary N) is 1. The van der Waals surface area contributed by atoms with Crippen molar-refractivity contribution < 1.29 is 23.5 Å². The Balaban J connectivity index is 1.62. The molecule has 26 heavy (non-hydrogen) atoms. The van der Waals surface area contributed by atoms with Gasteiger partial charge in [-0.2, -0.15) is 5.26 Å². The number of amides is 1. The van der Waals surface area contributed by atoms with Crippen LogP contribution in [0, 0.1) is 18.3 Å². The quantitative estimate of drug-likeness (QED) is 0.789. The van der Waals surface area contributed by atoms with Crippen molar-refractivity contribution in [2.75, 3.05) is 19.8 Å². The molecule has 0 radical (unpaired) electrons. The molecule has 0 spiro atoms. The lowest BCUT2D eigenvalue weighted by Crippen LogP contribution is -2.34. The van der Waals surface area contributed by atoms with Crippen LogP contribution in [0.25, 0.3) is 5.88 Å². The summed E-state index contributed by atoms with van der Waals surface area (Å²) in [6.45, 7) is 2.24. The molecule has 2 aromatic rings. The van der Waals surface area contributed by atoms with E-state index in [-0.39, 0.29) is 28.9 Å². The lowest BCUT2D eigenvalue weighted by molar-refractivity contribution is -0.124. The van der Waals surface area contributed by atoms with Crippen LogP contribution in [0.5, 0.6) is 0 Å². The molecular formula is C18H19N3O5. The van der Waals surface area contributed by atoms with E-state index in [9.17, 15) is 14.9 Å². The van der Waals surface area contributed by atoms with E-state index in [4.69, 9.17) is 13.9 Å². The number of ether oxygens (including phenoxy) is 2. The minimum atomic E-state index is -0.770. The average Bonchev–Trinajstić information content (AvgIpc) is 3.37. The maximum absolute atomic E-state index is 12.3. The van der Waals surface area contributed by atoms with Crippen LogP contribution in [0.15, 0.2) is 28.9 Å². The molecule has 3 heterocycles. The summed E-state index contributed by atoms with van der Waals surface area (Å²) < 4.78 is 17.6. The first kappa shape index (κ1) is 17.8. The van der Waals surface area contributed by atoms with Crippen LogP contribution < -0.4 is 5.32 Å². The number of aromatic nitrogens is 1. The van der Waals surface area contributed by atoms with E-state index in [2.05, 4.69) is 5.32 Å². The Bertz CT molecular complexity index is 826. The van der Waals surface area contributed by atoms with Crippen LogP contribution in [0.3, 0.4) is 0 Å². The van der Waals surface area contributed by atoms with Crippen molar-refractivity contribution in [3.05, 3.63) is 41.4 Å². The number of furan rings is 1. The van der Waals surface area contributed by atoms with Crippen molar-refractivity contribution in [2.24, 2.45) is 0 Å². The Morgan fingerprint density at radius 2 is 2.19 bits per heavy atom. The molecule has 1 N–H and O–H groups in total. The smallest absolute Gasteiger partial charge is 0.343 e. The fraction of sp³-hybridized carbons (Fsp3) is 0.389. The Morgan fingerprint density at radius 1 is 1.42 bits per heavy atom. The molecule has 3 rings (SSSR count). The number of hydrogen-bond donors (Lipinski definition) is 1. The van der Waals surface area contributed by atoms with Crippen molar-refractivity contribution in [3.63, 3.8) is 0 Å². The van der Waals surface area contributed by atoms with Gasteiger partial charge in [-0.05, 0) is 31.9 Å². The van der Waals surface area contributed by atoms with Crippen molar-refractivity contribution in [2.45, 2.75) is 25.9 Å². The van der Waals surface area contributed by atoms with Crippen LogP contribution in [0.2, 0.25) is 0 Å². The molecule has 1 saturated heterocycles. The zero-order chi connectivity index (χ0) is 18.5. The van der Waals surface area contributed by atoms with Crippen LogP contribution in [0.4, 0.5) is 0 Å². The van der Waals surface area contributed by atoms with Gasteiger partial charge in [-0.15, -0.1) is 0 Å². The van der Waals surface area contributed by atoms with Gasteiger partial charge in [0.05, 0.1) is 6.10 Å². The van der Waals surface area contributed by atoms with Crippen molar-refractivity contribution in [1.29, 1.82) is 5.26 Å². The van der Waals surface area contributed by atoms with Gasteiger partial charge in [0.1, 0.15) is 23.0 Å². The van der Waals surface area contributed by atoms with Crippen LogP contribution in [-0.2, 0) is 14.3 Å². The Morgan fingerprint density at radius 3 is 2.85 bits per heavy atom. The molecule has 1 aliphatic rings. The van der Waals surface area contributed by atoms with E-state index in [1.807, 2.05) is 6.07 Å². The van der Waals surface area contributed by atoms with E-state index in [1.54, 1.807) is 36.0 Å². The summed E-state index contributed by atoms with van der Waals surface area (Å²) in [5.41, 5.74) is 0.103. The van der Waals surface area contributed by atoms with Gasteiger partial charge in [0.25, 0.3) is 5.91 Å².